The van der Waals surface area contributed by atoms with Crippen LogP contribution in [-0.4, -0.2) is 11.0 Å². The molecule has 0 aliphatic rings. The van der Waals surface area contributed by atoms with E-state index in [0.29, 0.717) is 0 Å². The first kappa shape index (κ1) is 31.7. The molecule has 1 aromatic heterocycles. The minimum atomic E-state index is -0.913. The highest BCUT2D eigenvalue weighted by Crippen LogP contribution is 2.14. The van der Waals surface area contributed by atoms with Crippen LogP contribution in [0, 0.1) is 0 Å². The molecule has 0 bridgehead atoms. The molecule has 1 heterocycles. The highest BCUT2D eigenvalue weighted by atomic mass is 16.4. The van der Waals surface area contributed by atoms with Crippen LogP contribution in [0.1, 0.15) is 155 Å². The zero-order valence-corrected chi connectivity index (χ0v) is 22.9. The van der Waals surface area contributed by atoms with E-state index in [1.54, 1.807) is 5.69 Å². The molecule has 0 radical (unpaired) electrons. The van der Waals surface area contributed by atoms with E-state index in [0.717, 1.165) is 12.8 Å². The van der Waals surface area contributed by atoms with Crippen LogP contribution in [-0.2, 0) is 30.6 Å². The van der Waals surface area contributed by atoms with E-state index in [-0.39, 0.29) is 6.42 Å². The molecule has 4 nitrogen and oxygen atoms in total. The summed E-state index contributed by atoms with van der Waals surface area (Å²) >= 11 is 0. The molecule has 0 amide bonds. The van der Waals surface area contributed by atoms with Crippen LogP contribution in [0.2, 0.25) is 0 Å². The van der Waals surface area contributed by atoms with Crippen LogP contribution in [0.4, 0.5) is 0 Å². The lowest BCUT2D eigenvalue weighted by atomic mass is 10.1. The summed E-state index contributed by atoms with van der Waals surface area (Å²) in [5, 5.41) is 10.0. The molecule has 1 aromatic rings. The number of aliphatic carboxylic acids is 1. The highest BCUT2D eigenvalue weighted by molar-refractivity contribution is 5.64. The molecular weight excluding hydrogens is 408 g/mol. The lowest BCUT2D eigenvalue weighted by Crippen LogP contribution is -2.40. The summed E-state index contributed by atoms with van der Waals surface area (Å²) in [7, 11) is 0. The molecule has 0 aromatic carbocycles. The molecule has 1 rings (SSSR count). The topological polar surface area (TPSA) is 59.8 Å². The van der Waals surface area contributed by atoms with E-state index in [9.17, 15) is 9.90 Å². The number of carboxylic acids is 1. The van der Waals surface area contributed by atoms with Crippen molar-refractivity contribution in [3.63, 3.8) is 0 Å². The van der Waals surface area contributed by atoms with Gasteiger partial charge in [-0.2, -0.15) is 0 Å². The fourth-order valence-electron chi connectivity index (χ4n) is 4.18. The number of carbonyl (C=O) groups is 1. The Kier molecular flexibility index (Phi) is 21.6. The molecule has 33 heavy (non-hydrogen) atoms. The van der Waals surface area contributed by atoms with E-state index in [2.05, 4.69) is 44.2 Å². The highest BCUT2D eigenvalue weighted by Gasteiger charge is 2.22. The summed E-state index contributed by atoms with van der Waals surface area (Å²) in [5.41, 5.74) is 3.15. The number of nitrogens with zero attached hydrogens (tertiary/aromatic N) is 1. The fourth-order valence-corrected chi connectivity index (χ4v) is 4.18. The molecule has 194 valence electrons. The summed E-state index contributed by atoms with van der Waals surface area (Å²) in [5.74, 6) is 0.575. The lowest BCUT2D eigenvalue weighted by Gasteiger charge is -2.05. The van der Waals surface area contributed by atoms with Crippen molar-refractivity contribution in [3.05, 3.63) is 17.2 Å². The summed E-state index contributed by atoms with van der Waals surface area (Å²) in [6.45, 7) is 12.6. The van der Waals surface area contributed by atoms with Crippen molar-refractivity contribution in [2.75, 3.05) is 0 Å². The van der Waals surface area contributed by atoms with Crippen molar-refractivity contribution in [1.82, 2.24) is 4.98 Å². The van der Waals surface area contributed by atoms with Crippen molar-refractivity contribution in [1.29, 1.82) is 0 Å². The second-order valence-electron chi connectivity index (χ2n) is 9.56. The molecule has 0 saturated carbocycles. The summed E-state index contributed by atoms with van der Waals surface area (Å²) < 4.78 is 2.64. The Balaban J connectivity index is 0.000000728. The predicted octanol–water partition coefficient (Wildman–Crippen LogP) is 7.01. The van der Waals surface area contributed by atoms with Crippen LogP contribution in [0.25, 0.3) is 0 Å². The number of unbranched alkanes of at least 4 members (excludes halogenated alkanes) is 10. The van der Waals surface area contributed by atoms with Gasteiger partial charge in [0.15, 0.2) is 0 Å². The summed E-state index contributed by atoms with van der Waals surface area (Å²) in [6, 6.07) is 0. The number of aromatic amines is 1. The Morgan fingerprint density at radius 3 is 1.76 bits per heavy atom. The van der Waals surface area contributed by atoms with Gasteiger partial charge in [0.25, 0.3) is 5.82 Å². The standard InChI is InChI=1S/C19H36N2.C10H20O2/c1-5-9-13-17-18(14-10-6-2)21(16-12-8-4)19(20-17)15-11-7-3;1-2-3-4-5-6-7-8-9-10(11)12/h5-16H2,1-4H3;2-9H2,1H3,(H,11,12). The van der Waals surface area contributed by atoms with Gasteiger partial charge in [0.1, 0.15) is 11.4 Å². The van der Waals surface area contributed by atoms with E-state index in [1.165, 1.54) is 121 Å². The molecule has 0 spiro atoms. The molecular formula is C29H56N2O2. The number of rotatable bonds is 20. The van der Waals surface area contributed by atoms with E-state index >= 15 is 0 Å². The molecule has 0 aliphatic heterocycles. The van der Waals surface area contributed by atoms with Crippen LogP contribution >= 0.6 is 0 Å². The zero-order valence-electron chi connectivity index (χ0n) is 22.9. The van der Waals surface area contributed by atoms with Crippen molar-refractivity contribution in [3.8, 4) is 0 Å². The van der Waals surface area contributed by atoms with Crippen LogP contribution in [0.5, 0.6) is 0 Å². The quantitative estimate of drug-likeness (QED) is 0.167. The van der Waals surface area contributed by atoms with Gasteiger partial charge in [-0.3, -0.25) is 0 Å². The average molecular weight is 465 g/mol. The fraction of sp³-hybridized carbons (Fsp3) is 0.862. The number of aryl methyl sites for hydroxylation is 2. The number of H-pyrrole nitrogens is 1. The second-order valence-corrected chi connectivity index (χ2v) is 9.56. The molecule has 1 N–H and O–H groups in total. The largest absolute Gasteiger partial charge is 0.550 e. The Labute approximate surface area is 206 Å². The monoisotopic (exact) mass is 464 g/mol. The number of carbonyl (C=O) groups excluding carboxylic acids is 1. The van der Waals surface area contributed by atoms with Gasteiger partial charge in [0.2, 0.25) is 0 Å². The Morgan fingerprint density at radius 1 is 0.667 bits per heavy atom. The van der Waals surface area contributed by atoms with Gasteiger partial charge >= 0.3 is 0 Å². The molecule has 4 heteroatoms. The first-order chi connectivity index (χ1) is 16.0. The maximum atomic E-state index is 10.0. The first-order valence-corrected chi connectivity index (χ1v) is 14.4. The summed E-state index contributed by atoms with van der Waals surface area (Å²) in [6.07, 6.45) is 22.4. The van der Waals surface area contributed by atoms with Crippen molar-refractivity contribution in [2.45, 2.75) is 163 Å². The minimum Gasteiger partial charge on any atom is -0.550 e. The molecule has 0 atom stereocenters. The number of aromatic nitrogens is 2. The third kappa shape index (κ3) is 16.0. The summed E-state index contributed by atoms with van der Waals surface area (Å²) in [4.78, 5) is 13.8. The van der Waals surface area contributed by atoms with E-state index in [1.807, 2.05) is 0 Å². The molecule has 0 fully saturated rings. The van der Waals surface area contributed by atoms with E-state index < -0.39 is 5.97 Å². The number of hydrogen-bond donors (Lipinski definition) is 1. The van der Waals surface area contributed by atoms with Gasteiger partial charge in [-0.05, 0) is 38.5 Å². The van der Waals surface area contributed by atoms with Gasteiger partial charge in [-0.1, -0.05) is 98.8 Å². The Hall–Kier alpha value is -1.32. The van der Waals surface area contributed by atoms with Crippen LogP contribution in [0.3, 0.4) is 0 Å². The third-order valence-electron chi connectivity index (χ3n) is 6.33. The van der Waals surface area contributed by atoms with E-state index in [4.69, 9.17) is 0 Å². The normalized spacial score (nSPS) is 10.8. The predicted molar refractivity (Wildman–Crippen MR) is 139 cm³/mol. The average Bonchev–Trinajstić information content (AvgIpc) is 3.14. The van der Waals surface area contributed by atoms with Gasteiger partial charge in [0.05, 0.1) is 6.54 Å². The SMILES string of the molecule is CCCCCCCCCC(=O)[O-].CCCCc1[nH]c(CCCC)[n+](CCCC)c1CCCC. The van der Waals surface area contributed by atoms with Crippen LogP contribution < -0.4 is 9.67 Å². The number of imidazole rings is 1. The molecule has 0 aliphatic carbocycles. The maximum Gasteiger partial charge on any atom is 0.254 e. The number of carboxylic acid groups (broad SMARTS) is 1. The second kappa shape index (κ2) is 22.5. The third-order valence-corrected chi connectivity index (χ3v) is 6.33. The molecule has 0 unspecified atom stereocenters. The van der Waals surface area contributed by atoms with Gasteiger partial charge < -0.3 is 9.90 Å². The van der Waals surface area contributed by atoms with Crippen molar-refractivity contribution >= 4 is 5.97 Å². The smallest absolute Gasteiger partial charge is 0.254 e. The number of nitrogens with one attached hydrogen (secondary N) is 1. The lowest BCUT2D eigenvalue weighted by molar-refractivity contribution is -0.710. The van der Waals surface area contributed by atoms with Gasteiger partial charge in [-0.15, -0.1) is 0 Å². The zero-order chi connectivity index (χ0) is 24.7. The van der Waals surface area contributed by atoms with Crippen molar-refractivity contribution in [2.24, 2.45) is 0 Å². The Morgan fingerprint density at radius 2 is 1.18 bits per heavy atom. The minimum absolute atomic E-state index is 0.230. The maximum absolute atomic E-state index is 10.0. The van der Waals surface area contributed by atoms with Gasteiger partial charge in [0, 0.05) is 25.2 Å². The molecule has 0 saturated heterocycles. The first-order valence-electron chi connectivity index (χ1n) is 14.4. The number of hydrogen-bond acceptors (Lipinski definition) is 2. The Bertz CT molecular complexity index is 546. The van der Waals surface area contributed by atoms with Gasteiger partial charge in [-0.25, -0.2) is 9.55 Å². The van der Waals surface area contributed by atoms with Crippen molar-refractivity contribution < 1.29 is 14.5 Å². The van der Waals surface area contributed by atoms with Crippen LogP contribution in [0.15, 0.2) is 0 Å².